The number of hydrogen-bond donors (Lipinski definition) is 2. The van der Waals surface area contributed by atoms with Crippen LogP contribution in [0, 0.1) is 0 Å². The molecule has 0 atom stereocenters. The molecule has 1 aliphatic heterocycles. The third-order valence-electron chi connectivity index (χ3n) is 1.74. The quantitative estimate of drug-likeness (QED) is 0.542. The van der Waals surface area contributed by atoms with E-state index >= 15 is 0 Å². The highest BCUT2D eigenvalue weighted by Crippen LogP contribution is 2.22. The first-order valence-corrected chi connectivity index (χ1v) is 3.23. The number of nitrogens with zero attached hydrogens (tertiary/aromatic N) is 1. The van der Waals surface area contributed by atoms with Gasteiger partial charge in [0.2, 0.25) is 0 Å². The van der Waals surface area contributed by atoms with E-state index < -0.39 is 0 Å². The van der Waals surface area contributed by atoms with Crippen LogP contribution in [0.4, 0.5) is 0 Å². The Morgan fingerprint density at radius 2 is 2.30 bits per heavy atom. The van der Waals surface area contributed by atoms with Gasteiger partial charge < -0.3 is 10.4 Å². The highest BCUT2D eigenvalue weighted by atomic mass is 16.3. The van der Waals surface area contributed by atoms with Gasteiger partial charge in [-0.3, -0.25) is 4.98 Å². The largest absolute Gasteiger partial charge is 0.506 e. The molecule has 0 spiro atoms. The number of nitrogens with one attached hydrogen (secondary N) is 1. The summed E-state index contributed by atoms with van der Waals surface area (Å²) in [4.78, 5) is 3.87. The Morgan fingerprint density at radius 3 is 3.10 bits per heavy atom. The first kappa shape index (κ1) is 5.68. The van der Waals surface area contributed by atoms with E-state index in [1.807, 2.05) is 0 Å². The number of pyridine rings is 1. The van der Waals surface area contributed by atoms with E-state index in [1.54, 1.807) is 6.20 Å². The average molecular weight is 136 g/mol. The molecule has 2 heterocycles. The van der Waals surface area contributed by atoms with E-state index in [2.05, 4.69) is 10.3 Å². The number of hydrogen-bond acceptors (Lipinski definition) is 3. The lowest BCUT2D eigenvalue weighted by molar-refractivity contribution is 0.465. The molecule has 1 aliphatic rings. The lowest BCUT2D eigenvalue weighted by Crippen LogP contribution is -1.99. The molecule has 0 unspecified atom stereocenters. The van der Waals surface area contributed by atoms with Crippen LogP contribution < -0.4 is 5.32 Å². The zero-order valence-electron chi connectivity index (χ0n) is 5.46. The standard InChI is InChI=1S/C7H8N2O/c10-7-4-9-2-5-1-8-3-6(5)7/h2,4,8,10H,1,3H2. The van der Waals surface area contributed by atoms with Crippen LogP contribution in [0.15, 0.2) is 12.4 Å². The summed E-state index contributed by atoms with van der Waals surface area (Å²) in [6.45, 7) is 1.60. The summed E-state index contributed by atoms with van der Waals surface area (Å²) in [6, 6.07) is 0. The predicted octanol–water partition coefficient (Wildman–Crippen LogP) is 0.390. The van der Waals surface area contributed by atoms with Crippen molar-refractivity contribution in [3.8, 4) is 5.75 Å². The summed E-state index contributed by atoms with van der Waals surface area (Å²) in [7, 11) is 0. The molecule has 1 aromatic heterocycles. The third-order valence-corrected chi connectivity index (χ3v) is 1.74. The van der Waals surface area contributed by atoms with Crippen molar-refractivity contribution in [2.24, 2.45) is 0 Å². The summed E-state index contributed by atoms with van der Waals surface area (Å²) in [5, 5.41) is 12.4. The molecule has 3 heteroatoms. The summed E-state index contributed by atoms with van der Waals surface area (Å²) < 4.78 is 0. The summed E-state index contributed by atoms with van der Waals surface area (Å²) >= 11 is 0. The van der Waals surface area contributed by atoms with Crippen molar-refractivity contribution >= 4 is 0 Å². The number of aromatic nitrogens is 1. The van der Waals surface area contributed by atoms with Crippen molar-refractivity contribution < 1.29 is 5.11 Å². The van der Waals surface area contributed by atoms with Gasteiger partial charge in [-0.05, 0) is 5.56 Å². The first-order valence-electron chi connectivity index (χ1n) is 3.23. The maximum atomic E-state index is 9.23. The summed E-state index contributed by atoms with van der Waals surface area (Å²) in [5.74, 6) is 0.308. The molecule has 10 heavy (non-hydrogen) atoms. The maximum absolute atomic E-state index is 9.23. The Labute approximate surface area is 58.7 Å². The van der Waals surface area contributed by atoms with Gasteiger partial charge in [-0.2, -0.15) is 0 Å². The first-order chi connectivity index (χ1) is 4.88. The van der Waals surface area contributed by atoms with Gasteiger partial charge in [0, 0.05) is 24.8 Å². The maximum Gasteiger partial charge on any atom is 0.138 e. The van der Waals surface area contributed by atoms with Gasteiger partial charge in [0.05, 0.1) is 6.20 Å². The van der Waals surface area contributed by atoms with Crippen LogP contribution in [0.2, 0.25) is 0 Å². The molecule has 0 saturated carbocycles. The van der Waals surface area contributed by atoms with Crippen LogP contribution in [0.5, 0.6) is 5.75 Å². The molecule has 0 aliphatic carbocycles. The number of fused-ring (bicyclic) bond motifs is 1. The monoisotopic (exact) mass is 136 g/mol. The van der Waals surface area contributed by atoms with Crippen LogP contribution in [-0.2, 0) is 13.1 Å². The molecule has 0 radical (unpaired) electrons. The van der Waals surface area contributed by atoms with Crippen molar-refractivity contribution in [3.05, 3.63) is 23.5 Å². The normalized spacial score (nSPS) is 15.2. The van der Waals surface area contributed by atoms with Crippen LogP contribution >= 0.6 is 0 Å². The van der Waals surface area contributed by atoms with Gasteiger partial charge in [0.25, 0.3) is 0 Å². The summed E-state index contributed by atoms with van der Waals surface area (Å²) in [5.41, 5.74) is 2.11. The molecule has 3 nitrogen and oxygen atoms in total. The number of aromatic hydroxyl groups is 1. The van der Waals surface area contributed by atoms with Gasteiger partial charge in [-0.25, -0.2) is 0 Å². The Kier molecular flexibility index (Phi) is 1.11. The van der Waals surface area contributed by atoms with Gasteiger partial charge in [-0.15, -0.1) is 0 Å². The van der Waals surface area contributed by atoms with E-state index in [-0.39, 0.29) is 0 Å². The smallest absolute Gasteiger partial charge is 0.138 e. The fourth-order valence-corrected chi connectivity index (χ4v) is 1.20. The topological polar surface area (TPSA) is 45.2 Å². The van der Waals surface area contributed by atoms with Crippen molar-refractivity contribution in [1.82, 2.24) is 10.3 Å². The van der Waals surface area contributed by atoms with E-state index in [9.17, 15) is 5.11 Å². The van der Waals surface area contributed by atoms with Crippen molar-refractivity contribution in [2.45, 2.75) is 13.1 Å². The van der Waals surface area contributed by atoms with Crippen molar-refractivity contribution in [3.63, 3.8) is 0 Å². The molecule has 0 bridgehead atoms. The highest BCUT2D eigenvalue weighted by Gasteiger charge is 2.12. The second-order valence-electron chi connectivity index (χ2n) is 2.40. The lowest BCUT2D eigenvalue weighted by atomic mass is 10.2. The Hall–Kier alpha value is -1.09. The minimum atomic E-state index is 0.308. The van der Waals surface area contributed by atoms with Gasteiger partial charge in [0.15, 0.2) is 0 Å². The zero-order valence-corrected chi connectivity index (χ0v) is 5.46. The molecule has 0 amide bonds. The van der Waals surface area contributed by atoms with Gasteiger partial charge >= 0.3 is 0 Å². The Bertz CT molecular complexity index is 260. The van der Waals surface area contributed by atoms with Gasteiger partial charge in [0.1, 0.15) is 5.75 Å². The fourth-order valence-electron chi connectivity index (χ4n) is 1.20. The lowest BCUT2D eigenvalue weighted by Gasteiger charge is -1.97. The molecule has 2 N–H and O–H groups in total. The van der Waals surface area contributed by atoms with E-state index in [4.69, 9.17) is 0 Å². The van der Waals surface area contributed by atoms with Crippen LogP contribution in [0.25, 0.3) is 0 Å². The van der Waals surface area contributed by atoms with Crippen molar-refractivity contribution in [2.75, 3.05) is 0 Å². The van der Waals surface area contributed by atoms with Crippen LogP contribution in [0.3, 0.4) is 0 Å². The number of rotatable bonds is 0. The van der Waals surface area contributed by atoms with Crippen LogP contribution in [-0.4, -0.2) is 10.1 Å². The minimum Gasteiger partial charge on any atom is -0.506 e. The van der Waals surface area contributed by atoms with E-state index in [0.29, 0.717) is 5.75 Å². The Morgan fingerprint density at radius 1 is 1.40 bits per heavy atom. The fraction of sp³-hybridized carbons (Fsp3) is 0.286. The second kappa shape index (κ2) is 1.95. The molecular weight excluding hydrogens is 128 g/mol. The van der Waals surface area contributed by atoms with E-state index in [1.165, 1.54) is 6.20 Å². The zero-order chi connectivity index (χ0) is 6.97. The molecule has 1 aromatic rings. The molecular formula is C7H8N2O. The SMILES string of the molecule is Oc1cncc2c1CNC2. The Balaban J connectivity index is 2.59. The highest BCUT2D eigenvalue weighted by molar-refractivity contribution is 5.38. The average Bonchev–Trinajstić information content (AvgIpc) is 2.36. The third kappa shape index (κ3) is 0.675. The summed E-state index contributed by atoms with van der Waals surface area (Å²) in [6.07, 6.45) is 3.26. The van der Waals surface area contributed by atoms with Gasteiger partial charge in [-0.1, -0.05) is 0 Å². The molecule has 0 saturated heterocycles. The van der Waals surface area contributed by atoms with Crippen molar-refractivity contribution in [1.29, 1.82) is 0 Å². The minimum absolute atomic E-state index is 0.308. The molecule has 0 aromatic carbocycles. The van der Waals surface area contributed by atoms with E-state index in [0.717, 1.165) is 24.2 Å². The van der Waals surface area contributed by atoms with Crippen LogP contribution in [0.1, 0.15) is 11.1 Å². The second-order valence-corrected chi connectivity index (χ2v) is 2.40. The predicted molar refractivity (Wildman–Crippen MR) is 36.4 cm³/mol. The molecule has 0 fully saturated rings. The molecule has 2 rings (SSSR count). The molecule has 52 valence electrons.